The van der Waals surface area contributed by atoms with Crippen LogP contribution in [0.3, 0.4) is 0 Å². The second-order valence-corrected chi connectivity index (χ2v) is 6.50. The molecule has 1 heterocycles. The van der Waals surface area contributed by atoms with Gasteiger partial charge in [0.25, 0.3) is 5.91 Å². The molecule has 5 nitrogen and oxygen atoms in total. The summed E-state index contributed by atoms with van der Waals surface area (Å²) in [4.78, 5) is 12.5. The molecule has 0 saturated carbocycles. The molecule has 0 spiro atoms. The van der Waals surface area contributed by atoms with Crippen LogP contribution in [-0.2, 0) is 13.0 Å². The Morgan fingerprint density at radius 3 is 2.81 bits per heavy atom. The molecule has 0 bridgehead atoms. The average Bonchev–Trinajstić information content (AvgIpc) is 2.99. The first-order chi connectivity index (χ1) is 12.5. The highest BCUT2D eigenvalue weighted by Crippen LogP contribution is 2.35. The topological polar surface area (TPSA) is 56.8 Å². The first-order valence-corrected chi connectivity index (χ1v) is 8.90. The summed E-state index contributed by atoms with van der Waals surface area (Å²) in [7, 11) is 1.60. The van der Waals surface area contributed by atoms with Crippen LogP contribution in [0.2, 0.25) is 0 Å². The minimum absolute atomic E-state index is 0.152. The largest absolute Gasteiger partial charge is 0.496 e. The highest BCUT2D eigenvalue weighted by Gasteiger charge is 2.22. The van der Waals surface area contributed by atoms with Crippen molar-refractivity contribution < 1.29 is 19.0 Å². The minimum Gasteiger partial charge on any atom is -0.496 e. The van der Waals surface area contributed by atoms with Crippen LogP contribution in [0.1, 0.15) is 40.9 Å². The highest BCUT2D eigenvalue weighted by molar-refractivity contribution is 5.94. The van der Waals surface area contributed by atoms with Crippen molar-refractivity contribution in [3.05, 3.63) is 52.6 Å². The smallest absolute Gasteiger partial charge is 0.251 e. The molecule has 0 saturated heterocycles. The molecule has 2 aromatic carbocycles. The van der Waals surface area contributed by atoms with Gasteiger partial charge in [0.1, 0.15) is 23.4 Å². The Labute approximate surface area is 154 Å². The number of benzene rings is 2. The molecule has 0 aromatic heterocycles. The molecular formula is C21H25NO4. The number of carbonyl (C=O) groups is 1. The molecule has 2 aromatic rings. The monoisotopic (exact) mass is 355 g/mol. The van der Waals surface area contributed by atoms with Gasteiger partial charge in [0.2, 0.25) is 0 Å². The Bertz CT molecular complexity index is 816. The first kappa shape index (κ1) is 18.1. The minimum atomic E-state index is -0.152. The van der Waals surface area contributed by atoms with E-state index < -0.39 is 0 Å². The Kier molecular flexibility index (Phi) is 5.35. The molecule has 26 heavy (non-hydrogen) atoms. The zero-order valence-electron chi connectivity index (χ0n) is 15.7. The first-order valence-electron chi connectivity index (χ1n) is 8.90. The number of hydrogen-bond acceptors (Lipinski definition) is 4. The molecule has 3 rings (SSSR count). The lowest BCUT2D eigenvalue weighted by Crippen LogP contribution is -2.23. The van der Waals surface area contributed by atoms with Gasteiger partial charge in [0.15, 0.2) is 0 Å². The summed E-state index contributed by atoms with van der Waals surface area (Å²) in [6, 6.07) is 9.42. The molecule has 1 N–H and O–H groups in total. The van der Waals surface area contributed by atoms with Crippen molar-refractivity contribution in [2.24, 2.45) is 0 Å². The predicted octanol–water partition coefficient (Wildman–Crippen LogP) is 3.66. The molecule has 1 aliphatic rings. The van der Waals surface area contributed by atoms with Crippen LogP contribution in [0, 0.1) is 6.92 Å². The lowest BCUT2D eigenvalue weighted by molar-refractivity contribution is 0.0950. The van der Waals surface area contributed by atoms with Gasteiger partial charge in [-0.3, -0.25) is 4.79 Å². The number of fused-ring (bicyclic) bond motifs is 1. The van der Waals surface area contributed by atoms with Crippen LogP contribution >= 0.6 is 0 Å². The van der Waals surface area contributed by atoms with Crippen LogP contribution in [0.15, 0.2) is 30.3 Å². The summed E-state index contributed by atoms with van der Waals surface area (Å²) in [6.07, 6.45) is 1.05. The van der Waals surface area contributed by atoms with E-state index in [0.717, 1.165) is 34.6 Å². The van der Waals surface area contributed by atoms with Crippen LogP contribution in [0.4, 0.5) is 0 Å². The summed E-state index contributed by atoms with van der Waals surface area (Å²) in [6.45, 7) is 6.89. The molecule has 0 fully saturated rings. The van der Waals surface area contributed by atoms with Gasteiger partial charge in [-0.05, 0) is 50.6 Å². The van der Waals surface area contributed by atoms with E-state index in [0.29, 0.717) is 24.5 Å². The molecule has 0 unspecified atom stereocenters. The third kappa shape index (κ3) is 3.77. The summed E-state index contributed by atoms with van der Waals surface area (Å²) < 4.78 is 16.9. The molecule has 138 valence electrons. The standard InChI is InChI=1S/C21H25NO4/c1-5-25-19-10-16-8-14(3)26-20(16)11-17(19)12-22-21(23)15-7-6-13(2)18(9-15)24-4/h6-7,9-11,14H,5,8,12H2,1-4H3,(H,22,23)/t14-/m0/s1. The summed E-state index contributed by atoms with van der Waals surface area (Å²) >= 11 is 0. The van der Waals surface area contributed by atoms with E-state index in [4.69, 9.17) is 14.2 Å². The van der Waals surface area contributed by atoms with Gasteiger partial charge < -0.3 is 19.5 Å². The quantitative estimate of drug-likeness (QED) is 0.859. The van der Waals surface area contributed by atoms with Gasteiger partial charge >= 0.3 is 0 Å². The van der Waals surface area contributed by atoms with Crippen molar-refractivity contribution in [2.45, 2.75) is 39.8 Å². The van der Waals surface area contributed by atoms with Crippen LogP contribution in [-0.4, -0.2) is 25.7 Å². The second-order valence-electron chi connectivity index (χ2n) is 6.50. The van der Waals surface area contributed by atoms with E-state index in [9.17, 15) is 4.79 Å². The van der Waals surface area contributed by atoms with E-state index in [-0.39, 0.29) is 12.0 Å². The average molecular weight is 355 g/mol. The van der Waals surface area contributed by atoms with Crippen LogP contribution in [0.5, 0.6) is 17.2 Å². The maximum Gasteiger partial charge on any atom is 0.251 e. The van der Waals surface area contributed by atoms with Crippen molar-refractivity contribution >= 4 is 5.91 Å². The van der Waals surface area contributed by atoms with Gasteiger partial charge in [-0.2, -0.15) is 0 Å². The van der Waals surface area contributed by atoms with Crippen molar-refractivity contribution in [3.63, 3.8) is 0 Å². The van der Waals surface area contributed by atoms with Crippen molar-refractivity contribution in [2.75, 3.05) is 13.7 Å². The second kappa shape index (κ2) is 7.68. The molecule has 1 amide bonds. The molecular weight excluding hydrogens is 330 g/mol. The van der Waals surface area contributed by atoms with E-state index in [1.54, 1.807) is 19.2 Å². The van der Waals surface area contributed by atoms with Gasteiger partial charge in [0.05, 0.1) is 13.7 Å². The number of carbonyl (C=O) groups excluding carboxylic acids is 1. The number of ether oxygens (including phenoxy) is 3. The zero-order chi connectivity index (χ0) is 18.7. The SMILES string of the molecule is CCOc1cc2c(cc1CNC(=O)c1ccc(C)c(OC)c1)O[C@@H](C)C2. The van der Waals surface area contributed by atoms with E-state index in [1.165, 1.54) is 0 Å². The highest BCUT2D eigenvalue weighted by atomic mass is 16.5. The Balaban J connectivity index is 1.76. The molecule has 0 aliphatic carbocycles. The van der Waals surface area contributed by atoms with E-state index in [1.807, 2.05) is 39.0 Å². The summed E-state index contributed by atoms with van der Waals surface area (Å²) in [5.74, 6) is 2.22. The van der Waals surface area contributed by atoms with E-state index >= 15 is 0 Å². The third-order valence-electron chi connectivity index (χ3n) is 4.49. The van der Waals surface area contributed by atoms with Gasteiger partial charge in [0, 0.05) is 29.7 Å². The van der Waals surface area contributed by atoms with Gasteiger partial charge in [-0.15, -0.1) is 0 Å². The number of methoxy groups -OCH3 is 1. The Hall–Kier alpha value is -2.69. The zero-order valence-corrected chi connectivity index (χ0v) is 15.7. The van der Waals surface area contributed by atoms with Crippen molar-refractivity contribution in [1.82, 2.24) is 5.32 Å². The normalized spacial score (nSPS) is 15.2. The summed E-state index contributed by atoms with van der Waals surface area (Å²) in [5, 5.41) is 2.96. The molecule has 1 atom stereocenters. The Morgan fingerprint density at radius 1 is 1.27 bits per heavy atom. The van der Waals surface area contributed by atoms with E-state index in [2.05, 4.69) is 5.32 Å². The van der Waals surface area contributed by atoms with Crippen LogP contribution < -0.4 is 19.5 Å². The number of aryl methyl sites for hydroxylation is 1. The van der Waals surface area contributed by atoms with Crippen molar-refractivity contribution in [3.8, 4) is 17.2 Å². The maximum absolute atomic E-state index is 12.5. The number of amides is 1. The number of nitrogens with one attached hydrogen (secondary N) is 1. The maximum atomic E-state index is 12.5. The fourth-order valence-corrected chi connectivity index (χ4v) is 3.15. The van der Waals surface area contributed by atoms with Gasteiger partial charge in [-0.25, -0.2) is 0 Å². The van der Waals surface area contributed by atoms with Crippen molar-refractivity contribution in [1.29, 1.82) is 0 Å². The Morgan fingerprint density at radius 2 is 2.08 bits per heavy atom. The number of rotatable bonds is 6. The molecule has 0 radical (unpaired) electrons. The number of hydrogen-bond donors (Lipinski definition) is 1. The van der Waals surface area contributed by atoms with Gasteiger partial charge in [-0.1, -0.05) is 6.07 Å². The lowest BCUT2D eigenvalue weighted by atomic mass is 10.1. The third-order valence-corrected chi connectivity index (χ3v) is 4.49. The molecule has 5 heteroatoms. The van der Waals surface area contributed by atoms with Crippen LogP contribution in [0.25, 0.3) is 0 Å². The molecule has 1 aliphatic heterocycles. The fraction of sp³-hybridized carbons (Fsp3) is 0.381. The predicted molar refractivity (Wildman–Crippen MR) is 100 cm³/mol. The summed E-state index contributed by atoms with van der Waals surface area (Å²) in [5.41, 5.74) is 3.62. The lowest BCUT2D eigenvalue weighted by Gasteiger charge is -2.14. The fourth-order valence-electron chi connectivity index (χ4n) is 3.15.